The summed E-state index contributed by atoms with van der Waals surface area (Å²) in [7, 11) is 0. The first kappa shape index (κ1) is 31.1. The number of benzene rings is 2. The number of ether oxygens (including phenoxy) is 2. The molecule has 2 aromatic carbocycles. The molecule has 0 N–H and O–H groups in total. The summed E-state index contributed by atoms with van der Waals surface area (Å²) in [5, 5.41) is 0. The van der Waals surface area contributed by atoms with Crippen molar-refractivity contribution >= 4 is 5.97 Å². The maximum Gasteiger partial charge on any atom is 0.344 e. The number of hydrogen-bond acceptors (Lipinski definition) is 5. The van der Waals surface area contributed by atoms with E-state index in [1.54, 1.807) is 6.20 Å². The predicted octanol–water partition coefficient (Wildman–Crippen LogP) is 9.42. The average Bonchev–Trinajstić information content (AvgIpc) is 2.99. The molecule has 0 amide bonds. The van der Waals surface area contributed by atoms with Gasteiger partial charge in [0.2, 0.25) is 5.88 Å². The quantitative estimate of drug-likeness (QED) is 0.0857. The van der Waals surface area contributed by atoms with Crippen LogP contribution in [0, 0.1) is 5.92 Å². The van der Waals surface area contributed by atoms with E-state index in [0.717, 1.165) is 43.1 Å². The van der Waals surface area contributed by atoms with E-state index in [4.69, 9.17) is 9.47 Å². The van der Waals surface area contributed by atoms with Gasteiger partial charge < -0.3 is 9.47 Å². The molecule has 0 saturated carbocycles. The fourth-order valence-electron chi connectivity index (χ4n) is 4.53. The third kappa shape index (κ3) is 11.3. The maximum absolute atomic E-state index is 12.6. The van der Waals surface area contributed by atoms with Gasteiger partial charge in [-0.05, 0) is 86.4 Å². The number of unbranched alkanes of at least 4 members (excludes halogenated alkanes) is 7. The molecule has 1 heterocycles. The fraction of sp³-hybridized carbons (Fsp3) is 0.457. The molecule has 1 aromatic heterocycles. The first-order valence-corrected chi connectivity index (χ1v) is 15.1. The molecule has 0 radical (unpaired) electrons. The molecule has 0 saturated heterocycles. The molecular formula is C35H46N2O3. The number of aromatic nitrogens is 2. The summed E-state index contributed by atoms with van der Waals surface area (Å²) in [5.41, 5.74) is 3.39. The second-order valence-corrected chi connectivity index (χ2v) is 10.7. The normalized spacial score (nSPS) is 11.7. The largest absolute Gasteiger partial charge is 0.494 e. The Bertz CT molecular complexity index is 1120. The van der Waals surface area contributed by atoms with E-state index in [1.807, 2.05) is 54.6 Å². The lowest BCUT2D eigenvalue weighted by molar-refractivity contribution is 0.0727. The first-order chi connectivity index (χ1) is 19.6. The third-order valence-corrected chi connectivity index (χ3v) is 7.35. The number of hydrogen-bond donors (Lipinski definition) is 0. The molecule has 0 fully saturated rings. The standard InChI is InChI=1S/C35H46N2O3/c1-4-6-7-8-9-10-11-12-13-16-29-17-19-31(20-18-29)35(38)40-34-27-36-33(26-37-34)30-21-23-32(24-22-30)39-25-14-15-28(3)5-2/h4,17-24,26-28H,1,5-16,25H2,2-3H3/t28-/m0/s1. The van der Waals surface area contributed by atoms with Crippen LogP contribution in [0.15, 0.2) is 73.6 Å². The zero-order chi connectivity index (χ0) is 28.4. The maximum atomic E-state index is 12.6. The molecule has 0 aliphatic rings. The molecule has 0 aliphatic heterocycles. The molecular weight excluding hydrogens is 496 g/mol. The van der Waals surface area contributed by atoms with Gasteiger partial charge in [0.15, 0.2) is 0 Å². The van der Waals surface area contributed by atoms with E-state index in [0.29, 0.717) is 11.3 Å². The van der Waals surface area contributed by atoms with Crippen LogP contribution in [-0.4, -0.2) is 22.5 Å². The van der Waals surface area contributed by atoms with Crippen molar-refractivity contribution in [3.63, 3.8) is 0 Å². The zero-order valence-corrected chi connectivity index (χ0v) is 24.4. The van der Waals surface area contributed by atoms with Crippen LogP contribution in [0.25, 0.3) is 11.3 Å². The van der Waals surface area contributed by atoms with Crippen molar-refractivity contribution in [3.05, 3.63) is 84.7 Å². The second-order valence-electron chi connectivity index (χ2n) is 10.7. The van der Waals surface area contributed by atoms with Gasteiger partial charge >= 0.3 is 5.97 Å². The van der Waals surface area contributed by atoms with Crippen LogP contribution in [-0.2, 0) is 6.42 Å². The van der Waals surface area contributed by atoms with Crippen molar-refractivity contribution in [1.82, 2.24) is 9.97 Å². The fourth-order valence-corrected chi connectivity index (χ4v) is 4.53. The highest BCUT2D eigenvalue weighted by molar-refractivity contribution is 5.90. The highest BCUT2D eigenvalue weighted by Crippen LogP contribution is 2.22. The minimum atomic E-state index is -0.431. The van der Waals surface area contributed by atoms with Crippen LogP contribution in [0.1, 0.15) is 100 Å². The van der Waals surface area contributed by atoms with Gasteiger partial charge in [0.1, 0.15) is 5.75 Å². The summed E-state index contributed by atoms with van der Waals surface area (Å²) in [5.74, 6) is 1.34. The molecule has 3 rings (SSSR count). The Hall–Kier alpha value is -3.47. The number of esters is 1. The summed E-state index contributed by atoms with van der Waals surface area (Å²) >= 11 is 0. The number of nitrogens with zero attached hydrogens (tertiary/aromatic N) is 2. The van der Waals surface area contributed by atoms with Gasteiger partial charge in [-0.1, -0.05) is 70.6 Å². The van der Waals surface area contributed by atoms with Crippen LogP contribution >= 0.6 is 0 Å². The van der Waals surface area contributed by atoms with E-state index >= 15 is 0 Å². The van der Waals surface area contributed by atoms with Crippen molar-refractivity contribution in [2.45, 2.75) is 90.9 Å². The average molecular weight is 543 g/mol. The molecule has 3 aromatic rings. The lowest BCUT2D eigenvalue weighted by Gasteiger charge is -2.10. The van der Waals surface area contributed by atoms with Crippen molar-refractivity contribution < 1.29 is 14.3 Å². The molecule has 40 heavy (non-hydrogen) atoms. The minimum absolute atomic E-state index is 0.184. The Morgan fingerprint density at radius 3 is 2.23 bits per heavy atom. The Balaban J connectivity index is 1.38. The van der Waals surface area contributed by atoms with Crippen LogP contribution in [0.5, 0.6) is 11.6 Å². The van der Waals surface area contributed by atoms with E-state index < -0.39 is 5.97 Å². The van der Waals surface area contributed by atoms with Gasteiger partial charge in [0.25, 0.3) is 0 Å². The van der Waals surface area contributed by atoms with Gasteiger partial charge in [0, 0.05) is 5.56 Å². The monoisotopic (exact) mass is 542 g/mol. The summed E-state index contributed by atoms with van der Waals surface area (Å²) in [6.45, 7) is 9.00. The highest BCUT2D eigenvalue weighted by Gasteiger charge is 2.11. The summed E-state index contributed by atoms with van der Waals surface area (Å²) in [6.07, 6.45) is 19.6. The number of allylic oxidation sites excluding steroid dienone is 1. The van der Waals surface area contributed by atoms with Crippen LogP contribution < -0.4 is 9.47 Å². The van der Waals surface area contributed by atoms with Crippen molar-refractivity contribution in [2.24, 2.45) is 5.92 Å². The minimum Gasteiger partial charge on any atom is -0.494 e. The molecule has 5 nitrogen and oxygen atoms in total. The number of carbonyl (C=O) groups excluding carboxylic acids is 1. The summed E-state index contributed by atoms with van der Waals surface area (Å²) in [4.78, 5) is 21.3. The van der Waals surface area contributed by atoms with E-state index in [-0.39, 0.29) is 5.88 Å². The van der Waals surface area contributed by atoms with Gasteiger partial charge in [-0.3, -0.25) is 0 Å². The Morgan fingerprint density at radius 2 is 1.57 bits per heavy atom. The Labute approximate surface area is 241 Å². The molecule has 5 heteroatoms. The van der Waals surface area contributed by atoms with E-state index in [2.05, 4.69) is 30.4 Å². The van der Waals surface area contributed by atoms with Crippen LogP contribution in [0.3, 0.4) is 0 Å². The molecule has 0 unspecified atom stereocenters. The van der Waals surface area contributed by atoms with Crippen molar-refractivity contribution in [2.75, 3.05) is 6.61 Å². The zero-order valence-electron chi connectivity index (χ0n) is 24.4. The number of carbonyl (C=O) groups is 1. The lowest BCUT2D eigenvalue weighted by atomic mass is 10.0. The Kier molecular flexibility index (Phi) is 14.0. The van der Waals surface area contributed by atoms with E-state index in [1.165, 1.54) is 69.5 Å². The Morgan fingerprint density at radius 1 is 0.875 bits per heavy atom. The van der Waals surface area contributed by atoms with E-state index in [9.17, 15) is 4.79 Å². The second kappa shape index (κ2) is 18.0. The third-order valence-electron chi connectivity index (χ3n) is 7.35. The van der Waals surface area contributed by atoms with Crippen molar-refractivity contribution in [3.8, 4) is 22.9 Å². The molecule has 0 bridgehead atoms. The number of rotatable bonds is 19. The SMILES string of the molecule is C=CCCCCCCCCCc1ccc(C(=O)Oc2cnc(-c3ccc(OCCC[C@@H](C)CC)cc3)cn2)cc1. The van der Waals surface area contributed by atoms with Gasteiger partial charge in [0.05, 0.1) is 30.3 Å². The first-order valence-electron chi connectivity index (χ1n) is 15.1. The van der Waals surface area contributed by atoms with Gasteiger partial charge in [-0.15, -0.1) is 6.58 Å². The topological polar surface area (TPSA) is 61.3 Å². The molecule has 0 aliphatic carbocycles. The van der Waals surface area contributed by atoms with Crippen LogP contribution in [0.4, 0.5) is 0 Å². The highest BCUT2D eigenvalue weighted by atomic mass is 16.5. The van der Waals surface area contributed by atoms with Gasteiger partial charge in [-0.25, -0.2) is 14.8 Å². The summed E-state index contributed by atoms with van der Waals surface area (Å²) in [6, 6.07) is 15.5. The lowest BCUT2D eigenvalue weighted by Crippen LogP contribution is -2.09. The predicted molar refractivity (Wildman–Crippen MR) is 164 cm³/mol. The number of aryl methyl sites for hydroxylation is 1. The molecule has 214 valence electrons. The summed E-state index contributed by atoms with van der Waals surface area (Å²) < 4.78 is 11.3. The molecule has 0 spiro atoms. The molecule has 1 atom stereocenters. The van der Waals surface area contributed by atoms with Crippen molar-refractivity contribution in [1.29, 1.82) is 0 Å². The smallest absolute Gasteiger partial charge is 0.344 e. The van der Waals surface area contributed by atoms with Crippen LogP contribution in [0.2, 0.25) is 0 Å². The van der Waals surface area contributed by atoms with Gasteiger partial charge in [-0.2, -0.15) is 0 Å².